The van der Waals surface area contributed by atoms with Crippen molar-refractivity contribution in [1.82, 2.24) is 9.80 Å². The topological polar surface area (TPSA) is 74.8 Å². The van der Waals surface area contributed by atoms with Gasteiger partial charge in [0.1, 0.15) is 0 Å². The molecule has 4 amide bonds. The molecule has 0 N–H and O–H groups in total. The summed E-state index contributed by atoms with van der Waals surface area (Å²) < 4.78 is 1.91. The van der Waals surface area contributed by atoms with E-state index in [0.717, 1.165) is 25.6 Å². The Hall–Kier alpha value is -2.93. The average Bonchev–Trinajstić information content (AvgIpc) is 3.80. The third-order valence-electron chi connectivity index (χ3n) is 9.26. The molecular weight excluding hydrogens is 748 g/mol. The number of fused-ring (bicyclic) bond motifs is 6. The summed E-state index contributed by atoms with van der Waals surface area (Å²) in [5, 5.41) is 1.71. The van der Waals surface area contributed by atoms with Gasteiger partial charge in [0.05, 0.1) is 25.1 Å². The Bertz CT molecular complexity index is 2090. The molecule has 5 heterocycles. The van der Waals surface area contributed by atoms with Gasteiger partial charge in [-0.25, -0.2) is 0 Å². The number of nitrogens with zero attached hydrogens (tertiary/aromatic N) is 2. The Morgan fingerprint density at radius 3 is 1.80 bits per heavy atom. The van der Waals surface area contributed by atoms with Gasteiger partial charge in [0.2, 0.25) is 0 Å². The van der Waals surface area contributed by atoms with Crippen LogP contribution >= 0.6 is 56.6 Å². The highest BCUT2D eigenvalue weighted by atomic mass is 127. The molecule has 1 unspecified atom stereocenters. The zero-order valence-electron chi connectivity index (χ0n) is 26.1. The zero-order valence-corrected chi connectivity index (χ0v) is 30.7. The third kappa shape index (κ3) is 4.35. The van der Waals surface area contributed by atoms with Crippen LogP contribution in [0.2, 0.25) is 0 Å². The van der Waals surface area contributed by atoms with Crippen LogP contribution in [0.4, 0.5) is 0 Å². The maximum atomic E-state index is 14.6. The minimum atomic E-state index is -0.341. The van der Waals surface area contributed by atoms with Gasteiger partial charge in [0, 0.05) is 59.4 Å². The molecule has 3 aliphatic rings. The summed E-state index contributed by atoms with van der Waals surface area (Å²) in [6.07, 6.45) is 1.23. The van der Waals surface area contributed by atoms with Gasteiger partial charge in [-0.3, -0.25) is 29.0 Å². The summed E-state index contributed by atoms with van der Waals surface area (Å²) in [7, 11) is 0. The molecule has 8 rings (SSSR count). The van der Waals surface area contributed by atoms with Crippen LogP contribution in [-0.4, -0.2) is 46.5 Å². The summed E-state index contributed by atoms with van der Waals surface area (Å²) in [6.45, 7) is 10.7. The van der Waals surface area contributed by atoms with Gasteiger partial charge in [-0.2, -0.15) is 0 Å². The standard InChI is InChI=1S/C36H31IN2O4S3/c1-15(2)13-38-33(40)26-19-10-18(22-8-9-25(37)45-22)11-20(19)27-30-29(26)28(35(38)42)21-12-24(23-7-6-17(5)44-23)46-32(21)31(30)36(43)39(34(27)41)14-16(3)4/h6-9,12,15-16,18H,10-11,13-14H2,1-5H3. The Morgan fingerprint density at radius 1 is 0.717 bits per heavy atom. The highest BCUT2D eigenvalue weighted by Gasteiger charge is 2.47. The lowest BCUT2D eigenvalue weighted by molar-refractivity contribution is 0.0572. The van der Waals surface area contributed by atoms with E-state index in [1.165, 1.54) is 33.8 Å². The zero-order chi connectivity index (χ0) is 32.3. The molecule has 2 aromatic carbocycles. The van der Waals surface area contributed by atoms with Crippen LogP contribution in [0.15, 0.2) is 30.3 Å². The molecule has 6 nitrogen and oxygen atoms in total. The van der Waals surface area contributed by atoms with Gasteiger partial charge in [-0.1, -0.05) is 27.7 Å². The Labute approximate surface area is 292 Å². The first-order valence-corrected chi connectivity index (χ1v) is 19.1. The molecule has 0 saturated heterocycles. The number of carbonyl (C=O) groups excluding carboxylic acids is 4. The number of thiophene rings is 3. The first-order valence-electron chi connectivity index (χ1n) is 15.6. The highest BCUT2D eigenvalue weighted by Crippen LogP contribution is 2.52. The van der Waals surface area contributed by atoms with E-state index in [-0.39, 0.29) is 41.4 Å². The molecule has 1 atom stereocenters. The Balaban J connectivity index is 1.52. The van der Waals surface area contributed by atoms with Crippen molar-refractivity contribution >= 4 is 101 Å². The van der Waals surface area contributed by atoms with E-state index in [2.05, 4.69) is 53.8 Å². The SMILES string of the molecule is Cc1ccc(-c2cc3c4c5c(c6c(c7c5c(c3s2)C(=O)N(CC(C)C)C7=O)CC(c2ccc(I)s2)C6)C(=O)N(CC(C)C)C4=O)s1. The molecule has 10 heteroatoms. The number of hydrogen-bond donors (Lipinski definition) is 0. The van der Waals surface area contributed by atoms with Crippen LogP contribution < -0.4 is 0 Å². The van der Waals surface area contributed by atoms with Crippen LogP contribution in [0.3, 0.4) is 0 Å². The molecule has 0 saturated carbocycles. The molecule has 2 aliphatic heterocycles. The summed E-state index contributed by atoms with van der Waals surface area (Å²) in [4.78, 5) is 65.4. The van der Waals surface area contributed by atoms with Crippen molar-refractivity contribution in [3.8, 4) is 9.75 Å². The first-order chi connectivity index (χ1) is 21.9. The number of hydrogen-bond acceptors (Lipinski definition) is 7. The summed E-state index contributed by atoms with van der Waals surface area (Å²) in [5.74, 6) is -1.03. The molecular formula is C36H31IN2O4S3. The lowest BCUT2D eigenvalue weighted by Gasteiger charge is -2.35. The number of aryl methyl sites for hydroxylation is 1. The maximum absolute atomic E-state index is 14.6. The van der Waals surface area contributed by atoms with E-state index < -0.39 is 0 Å². The van der Waals surface area contributed by atoms with Gasteiger partial charge in [-0.05, 0) is 95.7 Å². The van der Waals surface area contributed by atoms with Gasteiger partial charge >= 0.3 is 0 Å². The van der Waals surface area contributed by atoms with Crippen LogP contribution in [-0.2, 0) is 12.8 Å². The highest BCUT2D eigenvalue weighted by molar-refractivity contribution is 14.1. The fourth-order valence-electron chi connectivity index (χ4n) is 7.50. The number of imide groups is 2. The molecule has 46 heavy (non-hydrogen) atoms. The average molecular weight is 779 g/mol. The van der Waals surface area contributed by atoms with E-state index >= 15 is 0 Å². The van der Waals surface area contributed by atoms with E-state index in [9.17, 15) is 19.2 Å². The lowest BCUT2D eigenvalue weighted by Crippen LogP contribution is -2.46. The Kier molecular flexibility index (Phi) is 7.14. The normalized spacial score (nSPS) is 17.6. The first kappa shape index (κ1) is 30.4. The number of carbonyl (C=O) groups is 4. The van der Waals surface area contributed by atoms with Gasteiger partial charge in [0.25, 0.3) is 23.6 Å². The van der Waals surface area contributed by atoms with Crippen molar-refractivity contribution in [2.24, 2.45) is 11.8 Å². The van der Waals surface area contributed by atoms with E-state index in [1.54, 1.807) is 22.7 Å². The molecule has 5 aromatic rings. The summed E-state index contributed by atoms with van der Waals surface area (Å²) in [5.41, 5.74) is 3.68. The summed E-state index contributed by atoms with van der Waals surface area (Å²) >= 11 is 7.25. The molecule has 234 valence electrons. The number of amides is 4. The third-order valence-corrected chi connectivity index (χ3v) is 13.7. The van der Waals surface area contributed by atoms with Crippen molar-refractivity contribution in [2.75, 3.05) is 13.1 Å². The van der Waals surface area contributed by atoms with Crippen LogP contribution in [0.5, 0.6) is 0 Å². The quantitative estimate of drug-likeness (QED) is 0.127. The van der Waals surface area contributed by atoms with E-state index in [1.807, 2.05) is 33.8 Å². The fourth-order valence-corrected chi connectivity index (χ4v) is 11.4. The van der Waals surface area contributed by atoms with Crippen molar-refractivity contribution in [3.05, 3.63) is 76.4 Å². The minimum absolute atomic E-state index is 0.0757. The minimum Gasteiger partial charge on any atom is -0.274 e. The fraction of sp³-hybridized carbons (Fsp3) is 0.333. The van der Waals surface area contributed by atoms with Gasteiger partial charge in [-0.15, -0.1) is 34.0 Å². The van der Waals surface area contributed by atoms with Gasteiger partial charge < -0.3 is 0 Å². The smallest absolute Gasteiger partial charge is 0.262 e. The number of rotatable bonds is 6. The lowest BCUT2D eigenvalue weighted by atomic mass is 9.79. The molecule has 0 fully saturated rings. The van der Waals surface area contributed by atoms with Crippen molar-refractivity contribution in [1.29, 1.82) is 0 Å². The van der Waals surface area contributed by atoms with Crippen LogP contribution in [0.1, 0.15) is 95.9 Å². The molecule has 3 aromatic heterocycles. The van der Waals surface area contributed by atoms with Crippen LogP contribution in [0, 0.1) is 21.6 Å². The monoisotopic (exact) mass is 778 g/mol. The molecule has 1 aliphatic carbocycles. The number of benzene rings is 2. The Morgan fingerprint density at radius 2 is 1.28 bits per heavy atom. The second kappa shape index (κ2) is 10.8. The van der Waals surface area contributed by atoms with E-state index in [4.69, 9.17) is 0 Å². The second-order valence-corrected chi connectivity index (χ2v) is 18.8. The van der Waals surface area contributed by atoms with E-state index in [0.29, 0.717) is 64.3 Å². The molecule has 0 bridgehead atoms. The molecule has 0 radical (unpaired) electrons. The predicted molar refractivity (Wildman–Crippen MR) is 195 cm³/mol. The summed E-state index contributed by atoms with van der Waals surface area (Å²) in [6, 6.07) is 10.4. The van der Waals surface area contributed by atoms with Gasteiger partial charge in [0.15, 0.2) is 0 Å². The molecule has 0 spiro atoms. The largest absolute Gasteiger partial charge is 0.274 e. The predicted octanol–water partition coefficient (Wildman–Crippen LogP) is 9.14. The van der Waals surface area contributed by atoms with Crippen molar-refractivity contribution in [2.45, 2.75) is 53.4 Å². The number of halogens is 1. The van der Waals surface area contributed by atoms with Crippen molar-refractivity contribution in [3.63, 3.8) is 0 Å². The van der Waals surface area contributed by atoms with Crippen LogP contribution in [0.25, 0.3) is 30.6 Å². The van der Waals surface area contributed by atoms with Crippen molar-refractivity contribution < 1.29 is 19.2 Å². The second-order valence-electron chi connectivity index (χ2n) is 13.4. The maximum Gasteiger partial charge on any atom is 0.262 e.